The number of hydrogen-bond acceptors (Lipinski definition) is 9. The van der Waals surface area contributed by atoms with Crippen LogP contribution in [-0.4, -0.2) is 57.5 Å². The predicted octanol–water partition coefficient (Wildman–Crippen LogP) is 1.96. The molecule has 3 aromatic rings. The summed E-state index contributed by atoms with van der Waals surface area (Å²) in [4.78, 5) is 13.0. The lowest BCUT2D eigenvalue weighted by Gasteiger charge is -2.12. The highest BCUT2D eigenvalue weighted by Crippen LogP contribution is 2.16. The third-order valence-corrected chi connectivity index (χ3v) is 4.89. The molecule has 1 atom stereocenters. The van der Waals surface area contributed by atoms with Crippen molar-refractivity contribution in [1.82, 2.24) is 24.6 Å². The standard InChI is InChI=1S/C20H26N8O2/c1-3-16(29-2)17-24-20-26-19(25-18(21)28(20)27-17)22-10-8-13-4-6-14(7-5-13)23-15-9-11-30-12-15/h3-7,15,23H,8-12H2,1-2H3,(H3,21,22,24,25,26,27)/b16-3-. The first-order valence-corrected chi connectivity index (χ1v) is 9.94. The number of hydrogen-bond donors (Lipinski definition) is 3. The number of benzene rings is 1. The lowest BCUT2D eigenvalue weighted by Crippen LogP contribution is -2.18. The first kappa shape index (κ1) is 19.9. The normalized spacial score (nSPS) is 16.7. The van der Waals surface area contributed by atoms with E-state index >= 15 is 0 Å². The minimum atomic E-state index is 0.208. The highest BCUT2D eigenvalue weighted by Gasteiger charge is 2.15. The van der Waals surface area contributed by atoms with Gasteiger partial charge < -0.3 is 25.8 Å². The molecule has 0 bridgehead atoms. The number of anilines is 3. The molecule has 2 aromatic heterocycles. The third-order valence-electron chi connectivity index (χ3n) is 4.89. The number of rotatable bonds is 8. The fraction of sp³-hybridized carbons (Fsp3) is 0.400. The van der Waals surface area contributed by atoms with Gasteiger partial charge in [-0.1, -0.05) is 12.1 Å². The van der Waals surface area contributed by atoms with Crippen LogP contribution in [0.3, 0.4) is 0 Å². The average molecular weight is 410 g/mol. The van der Waals surface area contributed by atoms with Gasteiger partial charge in [-0.25, -0.2) is 0 Å². The van der Waals surface area contributed by atoms with Crippen LogP contribution >= 0.6 is 0 Å². The van der Waals surface area contributed by atoms with Crippen molar-refractivity contribution in [2.75, 3.05) is 43.2 Å². The topological polar surface area (TPSA) is 125 Å². The van der Waals surface area contributed by atoms with Crippen LogP contribution in [0.25, 0.3) is 11.5 Å². The molecule has 1 aliphatic heterocycles. The van der Waals surface area contributed by atoms with Gasteiger partial charge in [-0.2, -0.15) is 19.5 Å². The van der Waals surface area contributed by atoms with Gasteiger partial charge in [0.2, 0.25) is 17.7 Å². The van der Waals surface area contributed by atoms with Crippen LogP contribution in [0.1, 0.15) is 24.7 Å². The van der Waals surface area contributed by atoms with Crippen molar-refractivity contribution < 1.29 is 9.47 Å². The lowest BCUT2D eigenvalue weighted by molar-refractivity contribution is 0.195. The fourth-order valence-corrected chi connectivity index (χ4v) is 3.30. The zero-order valence-corrected chi connectivity index (χ0v) is 17.1. The Hall–Kier alpha value is -3.40. The average Bonchev–Trinajstić information content (AvgIpc) is 3.41. The summed E-state index contributed by atoms with van der Waals surface area (Å²) in [5.41, 5.74) is 8.34. The second-order valence-corrected chi connectivity index (χ2v) is 6.99. The molecule has 0 saturated carbocycles. The molecule has 1 aromatic carbocycles. The Morgan fingerprint density at radius 1 is 1.30 bits per heavy atom. The minimum Gasteiger partial charge on any atom is -0.493 e. The summed E-state index contributed by atoms with van der Waals surface area (Å²) < 4.78 is 12.0. The Bertz CT molecular complexity index is 1030. The molecule has 1 unspecified atom stereocenters. The zero-order chi connectivity index (χ0) is 20.9. The van der Waals surface area contributed by atoms with E-state index in [0.29, 0.717) is 35.9 Å². The van der Waals surface area contributed by atoms with Gasteiger partial charge in [0.25, 0.3) is 5.78 Å². The maximum absolute atomic E-state index is 6.01. The lowest BCUT2D eigenvalue weighted by atomic mass is 10.1. The number of methoxy groups -OCH3 is 1. The van der Waals surface area contributed by atoms with Crippen molar-refractivity contribution in [2.45, 2.75) is 25.8 Å². The molecule has 158 valence electrons. The SMILES string of the molecule is C/C=C(\OC)c1nc2nc(NCCc3ccc(NC4CCOC4)cc3)nc(N)n2n1. The number of nitrogens with two attached hydrogens (primary N) is 1. The molecule has 0 spiro atoms. The molecule has 10 nitrogen and oxygen atoms in total. The van der Waals surface area contributed by atoms with Gasteiger partial charge in [-0.05, 0) is 43.5 Å². The van der Waals surface area contributed by atoms with E-state index in [1.165, 1.54) is 10.1 Å². The zero-order valence-electron chi connectivity index (χ0n) is 17.1. The van der Waals surface area contributed by atoms with Crippen molar-refractivity contribution in [3.63, 3.8) is 0 Å². The van der Waals surface area contributed by atoms with Crippen molar-refractivity contribution in [3.05, 3.63) is 41.7 Å². The third kappa shape index (κ3) is 4.43. The number of fused-ring (bicyclic) bond motifs is 1. The van der Waals surface area contributed by atoms with Crippen LogP contribution in [0.4, 0.5) is 17.6 Å². The van der Waals surface area contributed by atoms with Crippen molar-refractivity contribution >= 4 is 29.1 Å². The van der Waals surface area contributed by atoms with Crippen LogP contribution in [0.2, 0.25) is 0 Å². The van der Waals surface area contributed by atoms with Crippen LogP contribution in [0.15, 0.2) is 30.3 Å². The van der Waals surface area contributed by atoms with Crippen LogP contribution in [0.5, 0.6) is 0 Å². The molecule has 0 amide bonds. The number of nitrogens with one attached hydrogen (secondary N) is 2. The molecule has 3 heterocycles. The number of aromatic nitrogens is 5. The van der Waals surface area contributed by atoms with E-state index in [4.69, 9.17) is 15.2 Å². The van der Waals surface area contributed by atoms with Gasteiger partial charge in [-0.3, -0.25) is 0 Å². The Morgan fingerprint density at radius 2 is 2.13 bits per heavy atom. The van der Waals surface area contributed by atoms with Crippen LogP contribution in [0, 0.1) is 0 Å². The van der Waals surface area contributed by atoms with Gasteiger partial charge >= 0.3 is 0 Å². The maximum Gasteiger partial charge on any atom is 0.259 e. The summed E-state index contributed by atoms with van der Waals surface area (Å²) in [6, 6.07) is 8.83. The molecule has 1 saturated heterocycles. The minimum absolute atomic E-state index is 0.208. The summed E-state index contributed by atoms with van der Waals surface area (Å²) in [5, 5.41) is 11.0. The van der Waals surface area contributed by atoms with E-state index in [1.807, 2.05) is 6.92 Å². The van der Waals surface area contributed by atoms with Gasteiger partial charge in [0, 0.05) is 18.8 Å². The smallest absolute Gasteiger partial charge is 0.259 e. The molecule has 0 aliphatic carbocycles. The van der Waals surface area contributed by atoms with Gasteiger partial charge in [0.1, 0.15) is 0 Å². The Balaban J connectivity index is 1.36. The quantitative estimate of drug-likeness (QED) is 0.478. The van der Waals surface area contributed by atoms with E-state index < -0.39 is 0 Å². The molecule has 1 fully saturated rings. The Labute approximate surface area is 174 Å². The molecular formula is C20H26N8O2. The number of nitrogen functional groups attached to an aromatic ring is 1. The Kier molecular flexibility index (Phi) is 5.94. The monoisotopic (exact) mass is 410 g/mol. The summed E-state index contributed by atoms with van der Waals surface area (Å²) in [5.74, 6) is 1.95. The molecule has 4 rings (SSSR count). The second kappa shape index (κ2) is 8.95. The van der Waals surface area contributed by atoms with E-state index in [1.54, 1.807) is 13.2 Å². The van der Waals surface area contributed by atoms with Crippen molar-refractivity contribution in [1.29, 1.82) is 0 Å². The predicted molar refractivity (Wildman–Crippen MR) is 115 cm³/mol. The van der Waals surface area contributed by atoms with Crippen LogP contribution in [-0.2, 0) is 15.9 Å². The Morgan fingerprint density at radius 3 is 2.83 bits per heavy atom. The van der Waals surface area contributed by atoms with E-state index in [9.17, 15) is 0 Å². The van der Waals surface area contributed by atoms with Gasteiger partial charge in [0.05, 0.1) is 19.8 Å². The van der Waals surface area contributed by atoms with Gasteiger partial charge in [0.15, 0.2) is 5.76 Å². The molecule has 4 N–H and O–H groups in total. The first-order valence-electron chi connectivity index (χ1n) is 9.94. The van der Waals surface area contributed by atoms with Crippen LogP contribution < -0.4 is 16.4 Å². The molecule has 10 heteroatoms. The fourth-order valence-electron chi connectivity index (χ4n) is 3.30. The highest BCUT2D eigenvalue weighted by molar-refractivity contribution is 5.55. The molecule has 0 radical (unpaired) electrons. The van der Waals surface area contributed by atoms with E-state index in [2.05, 4.69) is 54.9 Å². The largest absolute Gasteiger partial charge is 0.493 e. The first-order chi connectivity index (χ1) is 14.7. The number of allylic oxidation sites excluding steroid dienone is 1. The van der Waals surface area contributed by atoms with E-state index in [-0.39, 0.29) is 5.95 Å². The van der Waals surface area contributed by atoms with E-state index in [0.717, 1.165) is 31.7 Å². The number of ether oxygens (including phenoxy) is 2. The molecule has 30 heavy (non-hydrogen) atoms. The summed E-state index contributed by atoms with van der Waals surface area (Å²) in [7, 11) is 1.56. The summed E-state index contributed by atoms with van der Waals surface area (Å²) in [6.45, 7) is 4.11. The van der Waals surface area contributed by atoms with Crippen molar-refractivity contribution in [3.8, 4) is 0 Å². The maximum atomic E-state index is 6.01. The summed E-state index contributed by atoms with van der Waals surface area (Å²) in [6.07, 6.45) is 3.65. The molecule has 1 aliphatic rings. The summed E-state index contributed by atoms with van der Waals surface area (Å²) >= 11 is 0. The molecular weight excluding hydrogens is 384 g/mol. The van der Waals surface area contributed by atoms with Crippen molar-refractivity contribution in [2.24, 2.45) is 0 Å². The number of nitrogens with zero attached hydrogens (tertiary/aromatic N) is 5. The van der Waals surface area contributed by atoms with Gasteiger partial charge in [-0.15, -0.1) is 5.10 Å². The highest BCUT2D eigenvalue weighted by atomic mass is 16.5. The second-order valence-electron chi connectivity index (χ2n) is 6.99.